The Morgan fingerprint density at radius 3 is 1.00 bits per heavy atom. The van der Waals surface area contributed by atoms with Crippen LogP contribution in [0.25, 0.3) is 0 Å². The van der Waals surface area contributed by atoms with Crippen molar-refractivity contribution < 1.29 is 118 Å². The summed E-state index contributed by atoms with van der Waals surface area (Å²) in [5.74, 6) is 0. The second-order valence-electron chi connectivity index (χ2n) is 0. The minimum Gasteiger partial charge on any atom is 1.00 e. The summed E-state index contributed by atoms with van der Waals surface area (Å²) in [6, 6.07) is 0. The van der Waals surface area contributed by atoms with Crippen molar-refractivity contribution in [2.45, 2.75) is 0 Å². The van der Waals surface area contributed by atoms with Crippen LogP contribution in [0.5, 0.6) is 0 Å². The normalized spacial score (nSPS) is 1.75. The number of halogens is 1. The minimum absolute atomic E-state index is 0. The van der Waals surface area contributed by atoms with E-state index in [9.17, 15) is 0 Å². The molecule has 0 fully saturated rings. The summed E-state index contributed by atoms with van der Waals surface area (Å²) in [5.41, 5.74) is 0. The minimum atomic E-state index is 0. The summed E-state index contributed by atoms with van der Waals surface area (Å²) in [6.07, 6.45) is 0. The fraction of sp³-hybridized carbons (Fsp3) is 0. The van der Waals surface area contributed by atoms with Gasteiger partial charge in [-0.3, -0.25) is 0 Å². The molecule has 0 N–H and O–H groups in total. The third kappa shape index (κ3) is 9.43. The average molecular weight is 169 g/mol. The summed E-state index contributed by atoms with van der Waals surface area (Å²) < 4.78 is 0. The molecule has 0 nitrogen and oxygen atoms in total. The van der Waals surface area contributed by atoms with Gasteiger partial charge in [0.1, 0.15) is 0 Å². The van der Waals surface area contributed by atoms with Gasteiger partial charge in [-0.2, -0.15) is 0 Å². The van der Waals surface area contributed by atoms with E-state index in [0.29, 0.717) is 0 Å². The molecule has 4 heteroatoms. The van der Waals surface area contributed by atoms with E-state index in [2.05, 4.69) is 25.2 Å². The topological polar surface area (TPSA) is 0 Å². The summed E-state index contributed by atoms with van der Waals surface area (Å²) in [6.45, 7) is 0. The Bertz CT molecular complexity index is 6.00. The molecule has 0 aliphatic carbocycles. The summed E-state index contributed by atoms with van der Waals surface area (Å²) in [7, 11) is 4.39. The Morgan fingerprint density at radius 2 is 1.00 bits per heavy atom. The molecule has 0 amide bonds. The van der Waals surface area contributed by atoms with Crippen LogP contribution in [0, 0.1) is 0 Å². The van der Waals surface area contributed by atoms with Gasteiger partial charge in [-0.15, -0.1) is 0 Å². The van der Waals surface area contributed by atoms with Crippen molar-refractivity contribution in [2.24, 2.45) is 0 Å². The van der Waals surface area contributed by atoms with Gasteiger partial charge in [-0.05, 0) is 0 Å². The monoisotopic (exact) mass is 169 g/mol. The van der Waals surface area contributed by atoms with Gasteiger partial charge in [0.2, 0.25) is 0 Å². The zero-order valence-electron chi connectivity index (χ0n) is 2.73. The molecular weight excluding hydrogens is 169 g/mol. The van der Waals surface area contributed by atoms with E-state index in [4.69, 9.17) is 0 Å². The van der Waals surface area contributed by atoms with Crippen LogP contribution in [0.2, 0.25) is 0 Å². The molecule has 0 aromatic rings. The molecule has 0 radical (unpaired) electrons. The van der Waals surface area contributed by atoms with Crippen LogP contribution in [0.3, 0.4) is 0 Å². The van der Waals surface area contributed by atoms with Crippen LogP contribution >= 0.6 is 10.1 Å². The molecular formula is ClFeK2. The zero-order chi connectivity index (χ0) is 2.00. The van der Waals surface area contributed by atoms with E-state index in [1.54, 1.807) is 0 Å². The fourth-order valence-corrected chi connectivity index (χ4v) is 0. The molecule has 0 aromatic carbocycles. The third-order valence-electron chi connectivity index (χ3n) is 0. The van der Waals surface area contributed by atoms with Crippen molar-refractivity contribution in [1.82, 2.24) is 0 Å². The molecule has 0 aliphatic heterocycles. The van der Waals surface area contributed by atoms with E-state index in [-0.39, 0.29) is 103 Å². The SMILES string of the molecule is [Cl][Fe-2].[K+].[K+]. The quantitative estimate of drug-likeness (QED) is 0.318. The third-order valence-corrected chi connectivity index (χ3v) is 0. The molecule has 0 aliphatic rings. The summed E-state index contributed by atoms with van der Waals surface area (Å²) in [4.78, 5) is 0. The van der Waals surface area contributed by atoms with Gasteiger partial charge >= 0.3 is 128 Å². The molecule has 0 heterocycles. The maximum Gasteiger partial charge on any atom is 1.00 e. The Kier molecular flexibility index (Phi) is 61.7. The van der Waals surface area contributed by atoms with Crippen molar-refractivity contribution in [3.63, 3.8) is 0 Å². The first-order valence-corrected chi connectivity index (χ1v) is 1.65. The van der Waals surface area contributed by atoms with Gasteiger partial charge in [0, 0.05) is 0 Å². The Hall–Kier alpha value is 4.08. The predicted molar refractivity (Wildman–Crippen MR) is 5.85 cm³/mol. The first-order valence-electron chi connectivity index (χ1n) is 0.134. The molecule has 0 atom stereocenters. The number of rotatable bonds is 0. The fourth-order valence-electron chi connectivity index (χ4n) is 0. The van der Waals surface area contributed by atoms with E-state index >= 15 is 0 Å². The van der Waals surface area contributed by atoms with Crippen LogP contribution < -0.4 is 103 Å². The van der Waals surface area contributed by atoms with E-state index in [0.717, 1.165) is 0 Å². The molecule has 4 heavy (non-hydrogen) atoms. The Balaban J connectivity index is -0.00000000500. The Labute approximate surface area is 124 Å². The zero-order valence-corrected chi connectivity index (χ0v) is 10.8. The maximum absolute atomic E-state index is 4.39. The van der Waals surface area contributed by atoms with Crippen LogP contribution in [0.4, 0.5) is 0 Å². The Morgan fingerprint density at radius 1 is 1.00 bits per heavy atom. The van der Waals surface area contributed by atoms with Crippen molar-refractivity contribution in [1.29, 1.82) is 0 Å². The maximum atomic E-state index is 4.39. The van der Waals surface area contributed by atoms with E-state index < -0.39 is 0 Å². The van der Waals surface area contributed by atoms with Gasteiger partial charge in [0.25, 0.3) is 0 Å². The standard InChI is InChI=1S/ClH.Fe.2K/h1H;;;/q;-1;2*+1/p-1. The summed E-state index contributed by atoms with van der Waals surface area (Å²) >= 11 is 2.72. The average Bonchev–Trinajstić information content (AvgIpc) is 1.00. The molecule has 0 spiro atoms. The molecule has 0 saturated carbocycles. The van der Waals surface area contributed by atoms with Gasteiger partial charge in [-0.1, -0.05) is 0 Å². The molecule has 0 aromatic heterocycles. The van der Waals surface area contributed by atoms with E-state index in [1.165, 1.54) is 0 Å². The van der Waals surface area contributed by atoms with E-state index in [1.807, 2.05) is 0 Å². The smallest absolute Gasteiger partial charge is 1.00 e. The van der Waals surface area contributed by atoms with Crippen LogP contribution in [-0.4, -0.2) is 0 Å². The molecule has 0 unspecified atom stereocenters. The van der Waals surface area contributed by atoms with Crippen molar-refractivity contribution in [3.05, 3.63) is 0 Å². The first kappa shape index (κ1) is 15.7. The molecule has 17 valence electrons. The molecule has 0 saturated heterocycles. The number of hydrogen-bond donors (Lipinski definition) is 0. The van der Waals surface area contributed by atoms with Gasteiger partial charge in [0.15, 0.2) is 0 Å². The largest absolute Gasteiger partial charge is 1.00 e. The summed E-state index contributed by atoms with van der Waals surface area (Å²) in [5, 5.41) is 0. The molecule has 0 rings (SSSR count). The molecule has 0 bridgehead atoms. The van der Waals surface area contributed by atoms with Crippen molar-refractivity contribution in [3.8, 4) is 0 Å². The van der Waals surface area contributed by atoms with Crippen LogP contribution in [0.15, 0.2) is 0 Å². The number of hydrogen-bond acceptors (Lipinski definition) is 0. The van der Waals surface area contributed by atoms with Gasteiger partial charge < -0.3 is 0 Å². The van der Waals surface area contributed by atoms with Gasteiger partial charge in [0.05, 0.1) is 0 Å². The second kappa shape index (κ2) is 15.7. The van der Waals surface area contributed by atoms with Crippen molar-refractivity contribution in [2.75, 3.05) is 0 Å². The first-order chi connectivity index (χ1) is 1.00. The predicted octanol–water partition coefficient (Wildman–Crippen LogP) is -5.30. The van der Waals surface area contributed by atoms with Gasteiger partial charge in [-0.25, -0.2) is 0 Å². The van der Waals surface area contributed by atoms with Crippen molar-refractivity contribution >= 4 is 10.1 Å². The van der Waals surface area contributed by atoms with Crippen LogP contribution in [-0.2, 0) is 15.1 Å². The van der Waals surface area contributed by atoms with Crippen LogP contribution in [0.1, 0.15) is 0 Å². The second-order valence-corrected chi connectivity index (χ2v) is 0.